The summed E-state index contributed by atoms with van der Waals surface area (Å²) in [7, 11) is 0. The molecule has 25 heavy (non-hydrogen) atoms. The second-order valence-corrected chi connectivity index (χ2v) is 6.30. The molecule has 1 aromatic carbocycles. The van der Waals surface area contributed by atoms with Crippen molar-refractivity contribution in [3.63, 3.8) is 0 Å². The third-order valence-corrected chi connectivity index (χ3v) is 4.52. The predicted octanol–water partition coefficient (Wildman–Crippen LogP) is 3.09. The van der Waals surface area contributed by atoms with E-state index < -0.39 is 6.55 Å². The maximum Gasteiger partial charge on any atom is 0.319 e. The first-order valence-electron chi connectivity index (χ1n) is 8.50. The molecule has 0 unspecified atom stereocenters. The standard InChI is InChI=1S/C18H22F2N4O/c19-17(20)24-11-9-21-16(24)6-8-22-18(25)23-10-7-15(13-23)12-14-4-2-1-3-5-14/h1-5,9,11,15,17H,6-8,10,12-13H2,(H,22,25)/t15-/m0/s1. The smallest absolute Gasteiger partial charge is 0.319 e. The minimum Gasteiger partial charge on any atom is -0.338 e. The number of urea groups is 1. The highest BCUT2D eigenvalue weighted by Gasteiger charge is 2.26. The van der Waals surface area contributed by atoms with Gasteiger partial charge in [0.2, 0.25) is 0 Å². The molecule has 0 aliphatic carbocycles. The van der Waals surface area contributed by atoms with Gasteiger partial charge in [-0.05, 0) is 24.3 Å². The summed E-state index contributed by atoms with van der Waals surface area (Å²) in [5.41, 5.74) is 1.29. The van der Waals surface area contributed by atoms with Crippen LogP contribution >= 0.6 is 0 Å². The Hall–Kier alpha value is -2.44. The number of nitrogens with zero attached hydrogens (tertiary/aromatic N) is 3. The van der Waals surface area contributed by atoms with Crippen LogP contribution in [0.25, 0.3) is 0 Å². The Morgan fingerprint density at radius 1 is 1.32 bits per heavy atom. The van der Waals surface area contributed by atoms with Crippen molar-refractivity contribution in [3.05, 3.63) is 54.1 Å². The number of alkyl halides is 2. The van der Waals surface area contributed by atoms with Crippen LogP contribution in [0.4, 0.5) is 13.6 Å². The summed E-state index contributed by atoms with van der Waals surface area (Å²) in [6.07, 6.45) is 4.83. The first-order chi connectivity index (χ1) is 12.1. The average Bonchev–Trinajstić information content (AvgIpc) is 3.25. The van der Waals surface area contributed by atoms with Gasteiger partial charge in [-0.15, -0.1) is 0 Å². The molecule has 0 saturated carbocycles. The third-order valence-electron chi connectivity index (χ3n) is 4.52. The third kappa shape index (κ3) is 4.55. The molecule has 0 radical (unpaired) electrons. The van der Waals surface area contributed by atoms with Crippen LogP contribution in [-0.2, 0) is 12.8 Å². The lowest BCUT2D eigenvalue weighted by Gasteiger charge is -2.17. The first-order valence-corrected chi connectivity index (χ1v) is 8.50. The molecule has 1 saturated heterocycles. The normalized spacial score (nSPS) is 17.2. The van der Waals surface area contributed by atoms with Crippen LogP contribution in [-0.4, -0.2) is 40.1 Å². The van der Waals surface area contributed by atoms with E-state index in [1.165, 1.54) is 18.0 Å². The molecule has 1 atom stereocenters. The summed E-state index contributed by atoms with van der Waals surface area (Å²) in [6.45, 7) is -0.852. The lowest BCUT2D eigenvalue weighted by atomic mass is 9.99. The minimum atomic E-state index is -2.61. The van der Waals surface area contributed by atoms with Crippen LogP contribution in [0.3, 0.4) is 0 Å². The number of likely N-dealkylation sites (tertiary alicyclic amines) is 1. The van der Waals surface area contributed by atoms with Crippen molar-refractivity contribution >= 4 is 6.03 Å². The van der Waals surface area contributed by atoms with Crippen LogP contribution in [0.5, 0.6) is 0 Å². The highest BCUT2D eigenvalue weighted by Crippen LogP contribution is 2.20. The number of imidazole rings is 1. The molecule has 7 heteroatoms. The molecule has 3 rings (SSSR count). The Balaban J connectivity index is 1.42. The largest absolute Gasteiger partial charge is 0.338 e. The Morgan fingerprint density at radius 3 is 2.88 bits per heavy atom. The molecule has 1 aliphatic rings. The van der Waals surface area contributed by atoms with Gasteiger partial charge in [0, 0.05) is 38.4 Å². The van der Waals surface area contributed by atoms with E-state index in [1.807, 2.05) is 18.2 Å². The SMILES string of the molecule is O=C(NCCc1nccn1C(F)F)N1CC[C@@H](Cc2ccccc2)C1. The van der Waals surface area contributed by atoms with Crippen LogP contribution in [0.15, 0.2) is 42.7 Å². The van der Waals surface area contributed by atoms with E-state index in [0.29, 0.717) is 12.5 Å². The number of hydrogen-bond acceptors (Lipinski definition) is 2. The average molecular weight is 348 g/mol. The number of aromatic nitrogens is 2. The molecular formula is C18H22F2N4O. The molecule has 134 valence electrons. The zero-order valence-corrected chi connectivity index (χ0v) is 13.9. The van der Waals surface area contributed by atoms with Crippen LogP contribution in [0.1, 0.15) is 24.4 Å². The van der Waals surface area contributed by atoms with Gasteiger partial charge in [-0.1, -0.05) is 30.3 Å². The zero-order chi connectivity index (χ0) is 17.6. The fourth-order valence-corrected chi connectivity index (χ4v) is 3.24. The van der Waals surface area contributed by atoms with Crippen LogP contribution in [0, 0.1) is 5.92 Å². The molecule has 2 amide bonds. The molecule has 2 aromatic rings. The van der Waals surface area contributed by atoms with Gasteiger partial charge in [0.15, 0.2) is 0 Å². The van der Waals surface area contributed by atoms with Crippen molar-refractivity contribution in [1.82, 2.24) is 19.8 Å². The number of carbonyl (C=O) groups excluding carboxylic acids is 1. The monoisotopic (exact) mass is 348 g/mol. The fraction of sp³-hybridized carbons (Fsp3) is 0.444. The van der Waals surface area contributed by atoms with Gasteiger partial charge < -0.3 is 10.2 Å². The van der Waals surface area contributed by atoms with Crippen LogP contribution in [0.2, 0.25) is 0 Å². The zero-order valence-electron chi connectivity index (χ0n) is 13.9. The first kappa shape index (κ1) is 17.4. The van der Waals surface area contributed by atoms with Crippen molar-refractivity contribution in [2.45, 2.75) is 25.8 Å². The summed E-state index contributed by atoms with van der Waals surface area (Å²) in [4.78, 5) is 17.9. The molecule has 0 spiro atoms. The molecule has 1 fully saturated rings. The van der Waals surface area contributed by atoms with Crippen molar-refractivity contribution < 1.29 is 13.6 Å². The van der Waals surface area contributed by atoms with Gasteiger partial charge in [-0.3, -0.25) is 4.57 Å². The van der Waals surface area contributed by atoms with Gasteiger partial charge >= 0.3 is 12.6 Å². The Bertz CT molecular complexity index is 689. The molecule has 1 aliphatic heterocycles. The number of hydrogen-bond donors (Lipinski definition) is 1. The Morgan fingerprint density at radius 2 is 2.12 bits per heavy atom. The van der Waals surface area contributed by atoms with E-state index in [-0.39, 0.29) is 18.3 Å². The quantitative estimate of drug-likeness (QED) is 0.872. The predicted molar refractivity (Wildman–Crippen MR) is 90.4 cm³/mol. The second-order valence-electron chi connectivity index (χ2n) is 6.30. The number of amides is 2. The molecule has 5 nitrogen and oxygen atoms in total. The van der Waals surface area contributed by atoms with Crippen molar-refractivity contribution in [2.24, 2.45) is 5.92 Å². The second kappa shape index (κ2) is 8.09. The van der Waals surface area contributed by atoms with E-state index in [0.717, 1.165) is 30.5 Å². The van der Waals surface area contributed by atoms with Gasteiger partial charge in [-0.25, -0.2) is 9.78 Å². The van der Waals surface area contributed by atoms with Gasteiger partial charge in [0.25, 0.3) is 0 Å². The maximum absolute atomic E-state index is 12.7. The van der Waals surface area contributed by atoms with Gasteiger partial charge in [0.1, 0.15) is 5.82 Å². The molecule has 0 bridgehead atoms. The van der Waals surface area contributed by atoms with E-state index in [4.69, 9.17) is 0 Å². The number of benzene rings is 1. The lowest BCUT2D eigenvalue weighted by Crippen LogP contribution is -2.39. The number of halogens is 2. The Kier molecular flexibility index (Phi) is 5.63. The van der Waals surface area contributed by atoms with Gasteiger partial charge in [-0.2, -0.15) is 8.78 Å². The highest BCUT2D eigenvalue weighted by atomic mass is 19.3. The maximum atomic E-state index is 12.7. The highest BCUT2D eigenvalue weighted by molar-refractivity contribution is 5.74. The van der Waals surface area contributed by atoms with Gasteiger partial charge in [0.05, 0.1) is 0 Å². The van der Waals surface area contributed by atoms with E-state index in [2.05, 4.69) is 22.4 Å². The fourth-order valence-electron chi connectivity index (χ4n) is 3.24. The summed E-state index contributed by atoms with van der Waals surface area (Å²) >= 11 is 0. The summed E-state index contributed by atoms with van der Waals surface area (Å²) in [5.74, 6) is 0.740. The van der Waals surface area contributed by atoms with Crippen molar-refractivity contribution in [3.8, 4) is 0 Å². The number of nitrogens with one attached hydrogen (secondary N) is 1. The topological polar surface area (TPSA) is 50.2 Å². The lowest BCUT2D eigenvalue weighted by molar-refractivity contribution is 0.0670. The number of carbonyl (C=O) groups is 1. The van der Waals surface area contributed by atoms with E-state index >= 15 is 0 Å². The van der Waals surface area contributed by atoms with Crippen LogP contribution < -0.4 is 5.32 Å². The summed E-state index contributed by atoms with van der Waals surface area (Å²) in [6, 6.07) is 10.1. The molecular weight excluding hydrogens is 326 g/mol. The summed E-state index contributed by atoms with van der Waals surface area (Å²) in [5, 5.41) is 2.80. The van der Waals surface area contributed by atoms with Crippen molar-refractivity contribution in [2.75, 3.05) is 19.6 Å². The number of rotatable bonds is 6. The molecule has 1 N–H and O–H groups in total. The molecule has 2 heterocycles. The van der Waals surface area contributed by atoms with E-state index in [1.54, 1.807) is 4.90 Å². The summed E-state index contributed by atoms with van der Waals surface area (Å²) < 4.78 is 26.3. The van der Waals surface area contributed by atoms with E-state index in [9.17, 15) is 13.6 Å². The minimum absolute atomic E-state index is 0.134. The Labute approximate surface area is 145 Å². The van der Waals surface area contributed by atoms with Crippen molar-refractivity contribution in [1.29, 1.82) is 0 Å². The molecule has 1 aromatic heterocycles.